The largest absolute Gasteiger partial charge is 0.354 e. The van der Waals surface area contributed by atoms with Crippen molar-refractivity contribution in [3.05, 3.63) is 51.7 Å². The Morgan fingerprint density at radius 3 is 2.57 bits per heavy atom. The third-order valence-electron chi connectivity index (χ3n) is 3.44. The van der Waals surface area contributed by atoms with E-state index in [1.807, 2.05) is 31.4 Å². The second-order valence-electron chi connectivity index (χ2n) is 5.25. The Labute approximate surface area is 140 Å². The van der Waals surface area contributed by atoms with Gasteiger partial charge in [0, 0.05) is 18.0 Å². The van der Waals surface area contributed by atoms with Gasteiger partial charge in [-0.15, -0.1) is 11.3 Å². The summed E-state index contributed by atoms with van der Waals surface area (Å²) in [5.41, 5.74) is 1.97. The maximum atomic E-state index is 12.2. The van der Waals surface area contributed by atoms with Gasteiger partial charge < -0.3 is 5.32 Å². The number of nitrogens with one attached hydrogen (secondary N) is 2. The molecule has 0 bridgehead atoms. The normalized spacial score (nSPS) is 11.4. The molecule has 0 fully saturated rings. The minimum atomic E-state index is -3.55. The van der Waals surface area contributed by atoms with Crippen LogP contribution >= 0.6 is 11.3 Å². The van der Waals surface area contributed by atoms with Crippen LogP contribution in [0.4, 0.5) is 0 Å². The van der Waals surface area contributed by atoms with Crippen LogP contribution in [0.5, 0.6) is 0 Å². The topological polar surface area (TPSA) is 75.3 Å². The molecule has 23 heavy (non-hydrogen) atoms. The molecule has 0 spiro atoms. The van der Waals surface area contributed by atoms with Crippen LogP contribution in [0.25, 0.3) is 0 Å². The second kappa shape index (κ2) is 7.72. The van der Waals surface area contributed by atoms with E-state index < -0.39 is 10.0 Å². The van der Waals surface area contributed by atoms with Gasteiger partial charge in [0.05, 0.1) is 11.3 Å². The summed E-state index contributed by atoms with van der Waals surface area (Å²) < 4.78 is 26.8. The fraction of sp³-hybridized carbons (Fsp3) is 0.312. The predicted octanol–water partition coefficient (Wildman–Crippen LogP) is 2.00. The highest BCUT2D eigenvalue weighted by Gasteiger charge is 2.14. The van der Waals surface area contributed by atoms with Gasteiger partial charge in [-0.05, 0) is 48.6 Å². The van der Waals surface area contributed by atoms with Crippen molar-refractivity contribution in [3.8, 4) is 0 Å². The maximum absolute atomic E-state index is 12.2. The standard InChI is InChI=1S/C16H20N2O3S2/c1-12-5-6-15(10-13(12)2)23(20,21)18-8-7-17-16(19)11-14-4-3-9-22-14/h3-6,9-10,18H,7-8,11H2,1-2H3,(H,17,19). The van der Waals surface area contributed by atoms with E-state index in [-0.39, 0.29) is 23.9 Å². The molecule has 0 radical (unpaired) electrons. The molecule has 0 unspecified atom stereocenters. The Kier molecular flexibility index (Phi) is 5.92. The summed E-state index contributed by atoms with van der Waals surface area (Å²) in [6, 6.07) is 8.80. The smallest absolute Gasteiger partial charge is 0.240 e. The Hall–Kier alpha value is -1.70. The Morgan fingerprint density at radius 1 is 1.13 bits per heavy atom. The number of carbonyl (C=O) groups excluding carboxylic acids is 1. The van der Waals surface area contributed by atoms with Crippen LogP contribution in [0, 0.1) is 13.8 Å². The lowest BCUT2D eigenvalue weighted by Gasteiger charge is -2.09. The van der Waals surface area contributed by atoms with Crippen molar-refractivity contribution in [2.45, 2.75) is 25.2 Å². The van der Waals surface area contributed by atoms with Crippen molar-refractivity contribution in [1.82, 2.24) is 10.0 Å². The third kappa shape index (κ3) is 5.16. The minimum absolute atomic E-state index is 0.113. The van der Waals surface area contributed by atoms with Gasteiger partial charge in [-0.25, -0.2) is 13.1 Å². The van der Waals surface area contributed by atoms with Crippen molar-refractivity contribution in [1.29, 1.82) is 0 Å². The van der Waals surface area contributed by atoms with Gasteiger partial charge in [0.15, 0.2) is 0 Å². The van der Waals surface area contributed by atoms with Crippen molar-refractivity contribution < 1.29 is 13.2 Å². The van der Waals surface area contributed by atoms with Gasteiger partial charge in [-0.3, -0.25) is 4.79 Å². The summed E-state index contributed by atoms with van der Waals surface area (Å²) in [5, 5.41) is 4.62. The van der Waals surface area contributed by atoms with E-state index in [1.165, 1.54) is 11.3 Å². The Morgan fingerprint density at radius 2 is 1.91 bits per heavy atom. The molecular weight excluding hydrogens is 332 g/mol. The van der Waals surface area contributed by atoms with Gasteiger partial charge >= 0.3 is 0 Å². The third-order valence-corrected chi connectivity index (χ3v) is 5.78. The highest BCUT2D eigenvalue weighted by atomic mass is 32.2. The highest BCUT2D eigenvalue weighted by molar-refractivity contribution is 7.89. The van der Waals surface area contributed by atoms with Crippen molar-refractivity contribution in [2.75, 3.05) is 13.1 Å². The summed E-state index contributed by atoms with van der Waals surface area (Å²) in [7, 11) is -3.55. The van der Waals surface area contributed by atoms with Gasteiger partial charge in [0.2, 0.25) is 15.9 Å². The SMILES string of the molecule is Cc1ccc(S(=O)(=O)NCCNC(=O)Cc2cccs2)cc1C. The molecule has 0 saturated carbocycles. The van der Waals surface area contributed by atoms with Crippen LogP contribution in [0.15, 0.2) is 40.6 Å². The van der Waals surface area contributed by atoms with E-state index >= 15 is 0 Å². The summed E-state index contributed by atoms with van der Waals surface area (Å²) in [5.74, 6) is -0.113. The van der Waals surface area contributed by atoms with Crippen LogP contribution in [-0.2, 0) is 21.2 Å². The summed E-state index contributed by atoms with van der Waals surface area (Å²) in [6.45, 7) is 4.22. The molecule has 2 aromatic rings. The molecule has 0 aliphatic rings. The van der Waals surface area contributed by atoms with E-state index in [9.17, 15) is 13.2 Å². The molecule has 7 heteroatoms. The monoisotopic (exact) mass is 352 g/mol. The van der Waals surface area contributed by atoms with Gasteiger partial charge in [-0.1, -0.05) is 12.1 Å². The molecule has 0 saturated heterocycles. The van der Waals surface area contributed by atoms with Crippen LogP contribution in [0.3, 0.4) is 0 Å². The molecule has 1 aromatic heterocycles. The lowest BCUT2D eigenvalue weighted by molar-refractivity contribution is -0.120. The van der Waals surface area contributed by atoms with E-state index in [0.29, 0.717) is 6.42 Å². The number of hydrogen-bond acceptors (Lipinski definition) is 4. The first-order valence-electron chi connectivity index (χ1n) is 7.24. The first-order chi connectivity index (χ1) is 10.9. The summed E-state index contributed by atoms with van der Waals surface area (Å²) >= 11 is 1.52. The van der Waals surface area contributed by atoms with E-state index in [4.69, 9.17) is 0 Å². The predicted molar refractivity (Wildman–Crippen MR) is 92.1 cm³/mol. The fourth-order valence-corrected chi connectivity index (χ4v) is 3.81. The molecular formula is C16H20N2O3S2. The molecule has 2 rings (SSSR count). The van der Waals surface area contributed by atoms with E-state index in [0.717, 1.165) is 16.0 Å². The fourth-order valence-electron chi connectivity index (χ4n) is 1.99. The zero-order chi connectivity index (χ0) is 16.9. The molecule has 1 amide bonds. The lowest BCUT2D eigenvalue weighted by atomic mass is 10.1. The van der Waals surface area contributed by atoms with Gasteiger partial charge in [0.25, 0.3) is 0 Å². The Balaban J connectivity index is 1.80. The zero-order valence-corrected chi connectivity index (χ0v) is 14.8. The van der Waals surface area contributed by atoms with Crippen LogP contribution in [0.1, 0.15) is 16.0 Å². The average molecular weight is 352 g/mol. The zero-order valence-electron chi connectivity index (χ0n) is 13.1. The number of sulfonamides is 1. The number of rotatable bonds is 7. The average Bonchev–Trinajstić information content (AvgIpc) is 2.99. The molecule has 5 nitrogen and oxygen atoms in total. The Bertz CT molecular complexity index is 769. The quantitative estimate of drug-likeness (QED) is 0.749. The summed E-state index contributed by atoms with van der Waals surface area (Å²) in [4.78, 5) is 12.9. The lowest BCUT2D eigenvalue weighted by Crippen LogP contribution is -2.35. The number of amides is 1. The summed E-state index contributed by atoms with van der Waals surface area (Å²) in [6.07, 6.45) is 0.321. The number of carbonyl (C=O) groups is 1. The molecule has 0 atom stereocenters. The number of benzene rings is 1. The van der Waals surface area contributed by atoms with E-state index in [1.54, 1.807) is 18.2 Å². The van der Waals surface area contributed by atoms with Crippen molar-refractivity contribution in [3.63, 3.8) is 0 Å². The molecule has 1 heterocycles. The van der Waals surface area contributed by atoms with Gasteiger partial charge in [-0.2, -0.15) is 0 Å². The van der Waals surface area contributed by atoms with Crippen molar-refractivity contribution >= 4 is 27.3 Å². The first-order valence-corrected chi connectivity index (χ1v) is 9.61. The van der Waals surface area contributed by atoms with Gasteiger partial charge in [0.1, 0.15) is 0 Å². The number of aryl methyl sites for hydroxylation is 2. The molecule has 2 N–H and O–H groups in total. The van der Waals surface area contributed by atoms with E-state index in [2.05, 4.69) is 10.0 Å². The molecule has 124 valence electrons. The van der Waals surface area contributed by atoms with Crippen molar-refractivity contribution in [2.24, 2.45) is 0 Å². The molecule has 0 aliphatic heterocycles. The minimum Gasteiger partial charge on any atom is -0.354 e. The second-order valence-corrected chi connectivity index (χ2v) is 8.05. The molecule has 0 aliphatic carbocycles. The number of thiophene rings is 1. The maximum Gasteiger partial charge on any atom is 0.240 e. The first kappa shape index (κ1) is 17.7. The van der Waals surface area contributed by atoms with Crippen LogP contribution in [-0.4, -0.2) is 27.4 Å². The highest BCUT2D eigenvalue weighted by Crippen LogP contribution is 2.14. The number of hydrogen-bond donors (Lipinski definition) is 2. The molecule has 1 aromatic carbocycles. The van der Waals surface area contributed by atoms with Crippen LogP contribution < -0.4 is 10.0 Å². The van der Waals surface area contributed by atoms with Crippen LogP contribution in [0.2, 0.25) is 0 Å².